The number of para-hydroxylation sites is 6. The number of hydrogen-bond acceptors (Lipinski definition) is 6. The van der Waals surface area contributed by atoms with Crippen molar-refractivity contribution in [3.05, 3.63) is 164 Å². The van der Waals surface area contributed by atoms with Gasteiger partial charge < -0.3 is 19.6 Å². The summed E-state index contributed by atoms with van der Waals surface area (Å²) in [4.78, 5) is 20.2. The highest BCUT2D eigenvalue weighted by Gasteiger charge is 2.62. The van der Waals surface area contributed by atoms with Crippen LogP contribution in [-0.2, 0) is 5.41 Å². The largest absolute Gasteiger partial charge is 0.318 e. The van der Waals surface area contributed by atoms with E-state index in [9.17, 15) is 0 Å². The number of nitrogens with zero attached hydrogens (tertiary/aromatic N) is 6. The van der Waals surface area contributed by atoms with Crippen molar-refractivity contribution in [1.82, 2.24) is 9.97 Å². The van der Waals surface area contributed by atoms with E-state index in [0.717, 1.165) is 29.3 Å². The number of aromatic nitrogens is 2. The normalized spacial score (nSPS) is 23.2. The molecule has 0 saturated heterocycles. The molecule has 0 radical (unpaired) electrons. The molecule has 5 aromatic carbocycles. The molecule has 4 aliphatic heterocycles. The van der Waals surface area contributed by atoms with Gasteiger partial charge in [-0.1, -0.05) is 98.4 Å². The zero-order valence-corrected chi connectivity index (χ0v) is 26.7. The number of hydrogen-bond donors (Lipinski definition) is 0. The van der Waals surface area contributed by atoms with Gasteiger partial charge in [0.25, 0.3) is 0 Å². The fraction of sp³-hybridized carbons (Fsp3) is 0.143. The molecule has 5 heterocycles. The van der Waals surface area contributed by atoms with E-state index in [4.69, 9.17) is 16.5 Å². The summed E-state index contributed by atoms with van der Waals surface area (Å²) in [6, 6.07) is 48.3. The molecular formula is C42H34N6. The van der Waals surface area contributed by atoms with Crippen molar-refractivity contribution < 1.29 is 0 Å². The molecule has 6 aromatic rings. The fourth-order valence-corrected chi connectivity index (χ4v) is 9.11. The molecule has 0 saturated carbocycles. The van der Waals surface area contributed by atoms with Gasteiger partial charge >= 0.3 is 0 Å². The zero-order valence-electron chi connectivity index (χ0n) is 26.7. The van der Waals surface area contributed by atoms with E-state index in [1.165, 1.54) is 39.6 Å². The molecule has 0 fully saturated rings. The van der Waals surface area contributed by atoms with E-state index in [2.05, 4.69) is 160 Å². The molecule has 6 nitrogen and oxygen atoms in total. The van der Waals surface area contributed by atoms with Crippen molar-refractivity contribution in [3.63, 3.8) is 0 Å². The summed E-state index contributed by atoms with van der Waals surface area (Å²) in [7, 11) is 0. The molecule has 232 valence electrons. The number of anilines is 8. The summed E-state index contributed by atoms with van der Waals surface area (Å²) in [5.41, 5.74) is 10.3. The van der Waals surface area contributed by atoms with Crippen LogP contribution in [0.1, 0.15) is 24.5 Å². The average Bonchev–Trinajstić information content (AvgIpc) is 3.65. The fourth-order valence-electron chi connectivity index (χ4n) is 9.11. The Morgan fingerprint density at radius 3 is 1.73 bits per heavy atom. The molecule has 1 aromatic heterocycles. The first-order valence-electron chi connectivity index (χ1n) is 16.7. The monoisotopic (exact) mass is 622 g/mol. The topological polar surface area (TPSA) is 38.7 Å². The quantitative estimate of drug-likeness (QED) is 0.191. The van der Waals surface area contributed by atoms with Crippen molar-refractivity contribution in [1.29, 1.82) is 0 Å². The molecular weight excluding hydrogens is 589 g/mol. The molecule has 0 spiro atoms. The van der Waals surface area contributed by atoms with E-state index in [-0.39, 0.29) is 23.7 Å². The van der Waals surface area contributed by atoms with Crippen LogP contribution in [0.2, 0.25) is 0 Å². The maximum atomic E-state index is 5.05. The summed E-state index contributed by atoms with van der Waals surface area (Å²) in [6.07, 6.45) is 4.20. The van der Waals surface area contributed by atoms with Gasteiger partial charge in [0.15, 0.2) is 11.6 Å². The molecule has 48 heavy (non-hydrogen) atoms. The first-order chi connectivity index (χ1) is 23.6. The van der Waals surface area contributed by atoms with Gasteiger partial charge in [0.05, 0.1) is 17.1 Å². The van der Waals surface area contributed by atoms with Gasteiger partial charge in [0.1, 0.15) is 12.3 Å². The second kappa shape index (κ2) is 10.1. The summed E-state index contributed by atoms with van der Waals surface area (Å²) in [5.74, 6) is 1.76. The average molecular weight is 623 g/mol. The Bertz CT molecular complexity index is 2220. The molecule has 4 unspecified atom stereocenters. The lowest BCUT2D eigenvalue weighted by Crippen LogP contribution is -2.65. The minimum atomic E-state index is -0.338. The Balaban J connectivity index is 1.34. The van der Waals surface area contributed by atoms with Crippen molar-refractivity contribution in [2.75, 3.05) is 19.6 Å². The smallest absolute Gasteiger partial charge is 0.178 e. The third-order valence-corrected chi connectivity index (χ3v) is 10.9. The Labute approximate surface area is 280 Å². The molecule has 0 bridgehead atoms. The van der Waals surface area contributed by atoms with E-state index >= 15 is 0 Å². The first kappa shape index (κ1) is 27.3. The van der Waals surface area contributed by atoms with Gasteiger partial charge in [-0.3, -0.25) is 0 Å². The number of allylic oxidation sites excluding steroid dienone is 1. The molecule has 10 rings (SSSR count). The number of fused-ring (bicyclic) bond motifs is 14. The van der Waals surface area contributed by atoms with Gasteiger partial charge in [0.2, 0.25) is 0 Å². The van der Waals surface area contributed by atoms with Crippen molar-refractivity contribution in [3.8, 4) is 0 Å². The molecule has 0 N–H and O–H groups in total. The van der Waals surface area contributed by atoms with Crippen LogP contribution in [0.25, 0.3) is 5.57 Å². The van der Waals surface area contributed by atoms with Gasteiger partial charge in [-0.15, -0.1) is 0 Å². The van der Waals surface area contributed by atoms with Crippen LogP contribution in [-0.4, -0.2) is 22.3 Å². The van der Waals surface area contributed by atoms with E-state index in [0.29, 0.717) is 0 Å². The molecule has 4 aliphatic rings. The Morgan fingerprint density at radius 2 is 1.04 bits per heavy atom. The van der Waals surface area contributed by atoms with E-state index < -0.39 is 0 Å². The van der Waals surface area contributed by atoms with Gasteiger partial charge in [0, 0.05) is 46.4 Å². The minimum absolute atomic E-state index is 0.00122. The van der Waals surface area contributed by atoms with Crippen LogP contribution >= 0.6 is 0 Å². The highest BCUT2D eigenvalue weighted by Crippen LogP contribution is 2.64. The predicted octanol–water partition coefficient (Wildman–Crippen LogP) is 9.71. The van der Waals surface area contributed by atoms with Crippen LogP contribution in [0.3, 0.4) is 0 Å². The Hall–Kier alpha value is -5.88. The maximum Gasteiger partial charge on any atom is 0.178 e. The van der Waals surface area contributed by atoms with E-state index in [1.54, 1.807) is 0 Å². The Kier molecular flexibility index (Phi) is 5.71. The SMILES string of the molecule is C=C1CC2(C)c3ccccc3N3c4nccnc4N(c4ccccc4)C3C2C2N(c3ccccc3)c3ccccc3N2c2ccccc21. The van der Waals surface area contributed by atoms with Crippen LogP contribution in [0.15, 0.2) is 152 Å². The first-order valence-corrected chi connectivity index (χ1v) is 16.7. The van der Waals surface area contributed by atoms with Crippen LogP contribution in [0.4, 0.5) is 45.8 Å². The standard InChI is InChI=1S/C42H34N6/c1-28-27-42(2)32-20-10-12-22-34(32)48-39-38(43-25-26-44-39)46(30-17-7-4-8-18-30)41(48)37(42)40-45(29-15-5-3-6-16-29)35-23-13-14-24-36(35)47(40)33-21-11-9-19-31(28)33/h3-26,37,40-41H,1,27H2,2H3. The van der Waals surface area contributed by atoms with Crippen LogP contribution in [0, 0.1) is 5.92 Å². The molecule has 0 aliphatic carbocycles. The van der Waals surface area contributed by atoms with Gasteiger partial charge in [-0.2, -0.15) is 0 Å². The number of benzene rings is 5. The highest BCUT2D eigenvalue weighted by molar-refractivity contribution is 5.94. The van der Waals surface area contributed by atoms with Crippen molar-refractivity contribution >= 4 is 51.3 Å². The lowest BCUT2D eigenvalue weighted by molar-refractivity contribution is 0.203. The molecule has 4 atom stereocenters. The minimum Gasteiger partial charge on any atom is -0.318 e. The zero-order chi connectivity index (χ0) is 32.0. The van der Waals surface area contributed by atoms with Crippen molar-refractivity contribution in [2.45, 2.75) is 31.1 Å². The highest BCUT2D eigenvalue weighted by atomic mass is 15.5. The third-order valence-electron chi connectivity index (χ3n) is 10.9. The lowest BCUT2D eigenvalue weighted by atomic mass is 9.61. The second-order valence-corrected chi connectivity index (χ2v) is 13.4. The maximum absolute atomic E-state index is 5.05. The van der Waals surface area contributed by atoms with Gasteiger partial charge in [-0.25, -0.2) is 9.97 Å². The van der Waals surface area contributed by atoms with Crippen LogP contribution < -0.4 is 19.6 Å². The van der Waals surface area contributed by atoms with Crippen LogP contribution in [0.5, 0.6) is 0 Å². The lowest BCUT2D eigenvalue weighted by Gasteiger charge is -2.57. The van der Waals surface area contributed by atoms with Gasteiger partial charge in [-0.05, 0) is 66.1 Å². The van der Waals surface area contributed by atoms with Crippen molar-refractivity contribution in [2.24, 2.45) is 5.92 Å². The Morgan fingerprint density at radius 1 is 0.542 bits per heavy atom. The predicted molar refractivity (Wildman–Crippen MR) is 195 cm³/mol. The van der Waals surface area contributed by atoms with E-state index in [1.807, 2.05) is 12.4 Å². The summed E-state index contributed by atoms with van der Waals surface area (Å²) < 4.78 is 0. The molecule has 0 amide bonds. The number of rotatable bonds is 2. The summed E-state index contributed by atoms with van der Waals surface area (Å²) >= 11 is 0. The molecule has 6 heteroatoms. The summed E-state index contributed by atoms with van der Waals surface area (Å²) in [5, 5.41) is 0. The second-order valence-electron chi connectivity index (χ2n) is 13.4. The summed E-state index contributed by atoms with van der Waals surface area (Å²) in [6.45, 7) is 7.30. The third kappa shape index (κ3) is 3.57.